The van der Waals surface area contributed by atoms with Gasteiger partial charge in [0, 0.05) is 57.7 Å². The molecule has 132 valence electrons. The van der Waals surface area contributed by atoms with E-state index in [0.717, 1.165) is 43.6 Å². The Morgan fingerprint density at radius 2 is 1.62 bits per heavy atom. The Bertz CT molecular complexity index is 529. The van der Waals surface area contributed by atoms with Crippen LogP contribution in [-0.4, -0.2) is 62.1 Å². The largest absolute Gasteiger partial charge is 0.378 e. The number of carbonyl (C=O) groups is 1. The van der Waals surface area contributed by atoms with Crippen LogP contribution in [0, 0.1) is 0 Å². The van der Waals surface area contributed by atoms with E-state index >= 15 is 0 Å². The lowest BCUT2D eigenvalue weighted by Gasteiger charge is -2.40. The van der Waals surface area contributed by atoms with Gasteiger partial charge in [-0.1, -0.05) is 19.3 Å². The zero-order chi connectivity index (χ0) is 16.9. The second kappa shape index (κ2) is 7.88. The zero-order valence-electron chi connectivity index (χ0n) is 15.0. The standard InChI is InChI=1S/C19H30N4O/c1-21(2)17-10-8-16(9-11-17)20-19(24)23-14-12-22(13-15-23)18-6-4-3-5-7-18/h8-11,18H,3-7,12-15H2,1-2H3,(H,20,24). The van der Waals surface area contributed by atoms with Crippen LogP contribution < -0.4 is 10.2 Å². The van der Waals surface area contributed by atoms with Gasteiger partial charge in [-0.25, -0.2) is 4.79 Å². The molecule has 1 heterocycles. The highest BCUT2D eigenvalue weighted by Crippen LogP contribution is 2.23. The third kappa shape index (κ3) is 4.20. The Kier molecular flexibility index (Phi) is 5.61. The first-order valence-electron chi connectivity index (χ1n) is 9.21. The third-order valence-corrected chi connectivity index (χ3v) is 5.33. The van der Waals surface area contributed by atoms with Crippen LogP contribution in [0.25, 0.3) is 0 Å². The van der Waals surface area contributed by atoms with Crippen LogP contribution >= 0.6 is 0 Å². The van der Waals surface area contributed by atoms with Crippen molar-refractivity contribution < 1.29 is 4.79 Å². The summed E-state index contributed by atoms with van der Waals surface area (Å²) >= 11 is 0. The maximum Gasteiger partial charge on any atom is 0.321 e. The average molecular weight is 330 g/mol. The number of benzene rings is 1. The number of nitrogens with one attached hydrogen (secondary N) is 1. The first kappa shape index (κ1) is 17.1. The first-order valence-corrected chi connectivity index (χ1v) is 9.21. The predicted octanol–water partition coefficient (Wildman–Crippen LogP) is 3.23. The molecule has 0 bridgehead atoms. The molecule has 24 heavy (non-hydrogen) atoms. The topological polar surface area (TPSA) is 38.8 Å². The molecular formula is C19H30N4O. The van der Waals surface area contributed by atoms with Crippen molar-refractivity contribution in [3.63, 3.8) is 0 Å². The van der Waals surface area contributed by atoms with E-state index in [1.54, 1.807) is 0 Å². The molecule has 3 rings (SSSR count). The van der Waals surface area contributed by atoms with Gasteiger partial charge in [0.25, 0.3) is 0 Å². The van der Waals surface area contributed by atoms with Crippen LogP contribution in [0.4, 0.5) is 16.2 Å². The fourth-order valence-corrected chi connectivity index (χ4v) is 3.78. The number of piperazine rings is 1. The molecule has 1 aliphatic carbocycles. The molecule has 1 N–H and O–H groups in total. The number of hydrogen-bond acceptors (Lipinski definition) is 3. The summed E-state index contributed by atoms with van der Waals surface area (Å²) in [6.45, 7) is 3.69. The summed E-state index contributed by atoms with van der Waals surface area (Å²) < 4.78 is 0. The summed E-state index contributed by atoms with van der Waals surface area (Å²) in [5, 5.41) is 3.02. The normalized spacial score (nSPS) is 20.0. The van der Waals surface area contributed by atoms with E-state index in [1.165, 1.54) is 32.1 Å². The van der Waals surface area contributed by atoms with Gasteiger partial charge in [0.1, 0.15) is 0 Å². The zero-order valence-corrected chi connectivity index (χ0v) is 15.0. The minimum absolute atomic E-state index is 0.0240. The summed E-state index contributed by atoms with van der Waals surface area (Å²) in [7, 11) is 4.03. The van der Waals surface area contributed by atoms with Crippen LogP contribution in [0.3, 0.4) is 0 Å². The highest BCUT2D eigenvalue weighted by atomic mass is 16.2. The number of urea groups is 1. The second-order valence-corrected chi connectivity index (χ2v) is 7.19. The Balaban J connectivity index is 1.48. The summed E-state index contributed by atoms with van der Waals surface area (Å²) in [6.07, 6.45) is 6.81. The molecule has 1 aliphatic heterocycles. The molecule has 5 heteroatoms. The van der Waals surface area contributed by atoms with Crippen molar-refractivity contribution in [1.29, 1.82) is 0 Å². The van der Waals surface area contributed by atoms with Gasteiger partial charge >= 0.3 is 6.03 Å². The lowest BCUT2D eigenvalue weighted by atomic mass is 9.94. The van der Waals surface area contributed by atoms with Gasteiger partial charge in [0.05, 0.1) is 0 Å². The van der Waals surface area contributed by atoms with Crippen molar-refractivity contribution >= 4 is 17.4 Å². The summed E-state index contributed by atoms with van der Waals surface area (Å²) in [5.74, 6) is 0. The molecule has 0 spiro atoms. The number of hydrogen-bond donors (Lipinski definition) is 1. The minimum atomic E-state index is 0.0240. The van der Waals surface area contributed by atoms with Crippen LogP contribution in [0.1, 0.15) is 32.1 Å². The highest BCUT2D eigenvalue weighted by molar-refractivity contribution is 5.89. The lowest BCUT2D eigenvalue weighted by Crippen LogP contribution is -2.53. The fourth-order valence-electron chi connectivity index (χ4n) is 3.78. The number of nitrogens with zero attached hydrogens (tertiary/aromatic N) is 3. The van der Waals surface area contributed by atoms with Crippen molar-refractivity contribution in [2.45, 2.75) is 38.1 Å². The van der Waals surface area contributed by atoms with Gasteiger partial charge in [0.15, 0.2) is 0 Å². The van der Waals surface area contributed by atoms with Gasteiger partial charge in [-0.05, 0) is 37.1 Å². The van der Waals surface area contributed by atoms with E-state index in [1.807, 2.05) is 43.3 Å². The van der Waals surface area contributed by atoms with E-state index in [4.69, 9.17) is 0 Å². The number of carbonyl (C=O) groups excluding carboxylic acids is 1. The molecule has 1 saturated carbocycles. The molecule has 2 fully saturated rings. The van der Waals surface area contributed by atoms with Crippen molar-refractivity contribution in [1.82, 2.24) is 9.80 Å². The fraction of sp³-hybridized carbons (Fsp3) is 0.632. The second-order valence-electron chi connectivity index (χ2n) is 7.19. The Morgan fingerprint density at radius 3 is 2.21 bits per heavy atom. The van der Waals surface area contributed by atoms with Gasteiger partial charge in [-0.2, -0.15) is 0 Å². The smallest absolute Gasteiger partial charge is 0.321 e. The van der Waals surface area contributed by atoms with E-state index in [2.05, 4.69) is 15.1 Å². The quantitative estimate of drug-likeness (QED) is 0.925. The molecule has 1 aromatic rings. The van der Waals surface area contributed by atoms with Gasteiger partial charge in [-0.3, -0.25) is 4.90 Å². The molecule has 0 unspecified atom stereocenters. The maximum absolute atomic E-state index is 12.5. The summed E-state index contributed by atoms with van der Waals surface area (Å²) in [6, 6.07) is 8.75. The molecule has 0 atom stereocenters. The van der Waals surface area contributed by atoms with E-state index in [0.29, 0.717) is 0 Å². The minimum Gasteiger partial charge on any atom is -0.378 e. The molecular weight excluding hydrogens is 300 g/mol. The maximum atomic E-state index is 12.5. The Labute approximate surface area is 145 Å². The molecule has 1 aromatic carbocycles. The van der Waals surface area contributed by atoms with Gasteiger partial charge in [0.2, 0.25) is 0 Å². The van der Waals surface area contributed by atoms with Crippen LogP contribution in [0.15, 0.2) is 24.3 Å². The monoisotopic (exact) mass is 330 g/mol. The van der Waals surface area contributed by atoms with E-state index in [-0.39, 0.29) is 6.03 Å². The molecule has 2 amide bonds. The van der Waals surface area contributed by atoms with Crippen molar-refractivity contribution in [3.8, 4) is 0 Å². The summed E-state index contributed by atoms with van der Waals surface area (Å²) in [5.41, 5.74) is 1.99. The molecule has 5 nitrogen and oxygen atoms in total. The van der Waals surface area contributed by atoms with Gasteiger partial charge in [-0.15, -0.1) is 0 Å². The van der Waals surface area contributed by atoms with Crippen molar-refractivity contribution in [3.05, 3.63) is 24.3 Å². The molecule has 0 radical (unpaired) electrons. The SMILES string of the molecule is CN(C)c1ccc(NC(=O)N2CCN(C3CCCCC3)CC2)cc1. The number of amides is 2. The Hall–Kier alpha value is -1.75. The lowest BCUT2D eigenvalue weighted by molar-refractivity contribution is 0.0943. The van der Waals surface area contributed by atoms with Crippen LogP contribution in [0.5, 0.6) is 0 Å². The third-order valence-electron chi connectivity index (χ3n) is 5.33. The van der Waals surface area contributed by atoms with Crippen molar-refractivity contribution in [2.75, 3.05) is 50.5 Å². The first-order chi connectivity index (χ1) is 11.6. The van der Waals surface area contributed by atoms with E-state index < -0.39 is 0 Å². The highest BCUT2D eigenvalue weighted by Gasteiger charge is 2.26. The van der Waals surface area contributed by atoms with Crippen LogP contribution in [-0.2, 0) is 0 Å². The van der Waals surface area contributed by atoms with Crippen molar-refractivity contribution in [2.24, 2.45) is 0 Å². The molecule has 2 aliphatic rings. The predicted molar refractivity (Wildman–Crippen MR) is 99.8 cm³/mol. The molecule has 0 aromatic heterocycles. The summed E-state index contributed by atoms with van der Waals surface area (Å²) in [4.78, 5) is 19.0. The number of anilines is 2. The van der Waals surface area contributed by atoms with E-state index in [9.17, 15) is 4.79 Å². The van der Waals surface area contributed by atoms with Gasteiger partial charge < -0.3 is 15.1 Å². The number of rotatable bonds is 3. The molecule has 1 saturated heterocycles. The van der Waals surface area contributed by atoms with Crippen LogP contribution in [0.2, 0.25) is 0 Å². The average Bonchev–Trinajstić information content (AvgIpc) is 2.63. The Morgan fingerprint density at radius 1 is 1.00 bits per heavy atom.